The highest BCUT2D eigenvalue weighted by atomic mass is 35.5. The number of para-hydroxylation sites is 1. The Morgan fingerprint density at radius 2 is 1.96 bits per heavy atom. The second-order valence-electron chi connectivity index (χ2n) is 5.72. The SMILES string of the molecule is C[C@H](Sc1nnnn1-c1ccc(Cl)cc1)C(=O)c1c[nH]c2ccccc12. The van der Waals surface area contributed by atoms with E-state index in [0.29, 0.717) is 15.7 Å². The molecule has 6 nitrogen and oxygen atoms in total. The van der Waals surface area contributed by atoms with E-state index < -0.39 is 0 Å². The van der Waals surface area contributed by atoms with Crippen molar-refractivity contribution in [3.63, 3.8) is 0 Å². The molecule has 2 heterocycles. The van der Waals surface area contributed by atoms with E-state index in [-0.39, 0.29) is 11.0 Å². The molecule has 2 aromatic heterocycles. The smallest absolute Gasteiger partial charge is 0.214 e. The minimum absolute atomic E-state index is 0.0260. The molecule has 1 atom stereocenters. The molecule has 0 bridgehead atoms. The fourth-order valence-electron chi connectivity index (χ4n) is 2.70. The predicted molar refractivity (Wildman–Crippen MR) is 102 cm³/mol. The van der Waals surface area contributed by atoms with Crippen molar-refractivity contribution < 1.29 is 4.79 Å². The van der Waals surface area contributed by atoms with Crippen molar-refractivity contribution in [2.24, 2.45) is 0 Å². The Morgan fingerprint density at radius 3 is 2.77 bits per heavy atom. The summed E-state index contributed by atoms with van der Waals surface area (Å²) in [6.45, 7) is 1.86. The number of fused-ring (bicyclic) bond motifs is 1. The zero-order valence-electron chi connectivity index (χ0n) is 13.8. The van der Waals surface area contributed by atoms with Gasteiger partial charge in [-0.15, -0.1) is 5.10 Å². The van der Waals surface area contributed by atoms with Gasteiger partial charge < -0.3 is 4.98 Å². The Balaban J connectivity index is 1.59. The summed E-state index contributed by atoms with van der Waals surface area (Å²) in [5.41, 5.74) is 2.40. The van der Waals surface area contributed by atoms with Crippen LogP contribution < -0.4 is 0 Å². The van der Waals surface area contributed by atoms with Crippen LogP contribution in [0.2, 0.25) is 5.02 Å². The normalized spacial score (nSPS) is 12.4. The molecule has 8 heteroatoms. The minimum Gasteiger partial charge on any atom is -0.360 e. The van der Waals surface area contributed by atoms with E-state index >= 15 is 0 Å². The number of Topliss-reactive ketones (excluding diaryl/α,β-unsaturated/α-hetero) is 1. The number of aromatic amines is 1. The second kappa shape index (κ2) is 6.93. The Hall–Kier alpha value is -2.64. The van der Waals surface area contributed by atoms with Crippen LogP contribution in [0.5, 0.6) is 0 Å². The van der Waals surface area contributed by atoms with Crippen LogP contribution in [-0.2, 0) is 0 Å². The number of benzene rings is 2. The van der Waals surface area contributed by atoms with Crippen LogP contribution in [-0.4, -0.2) is 36.2 Å². The third kappa shape index (κ3) is 3.11. The number of tetrazole rings is 1. The molecule has 0 spiro atoms. The zero-order valence-corrected chi connectivity index (χ0v) is 15.3. The number of aromatic nitrogens is 5. The lowest BCUT2D eigenvalue weighted by atomic mass is 10.1. The van der Waals surface area contributed by atoms with Gasteiger partial charge in [-0.2, -0.15) is 4.68 Å². The summed E-state index contributed by atoms with van der Waals surface area (Å²) >= 11 is 7.25. The molecular weight excluding hydrogens is 370 g/mol. The van der Waals surface area contributed by atoms with Gasteiger partial charge in [-0.1, -0.05) is 41.6 Å². The molecule has 130 valence electrons. The highest BCUT2D eigenvalue weighted by molar-refractivity contribution is 8.00. The van der Waals surface area contributed by atoms with Crippen molar-refractivity contribution in [1.82, 2.24) is 25.2 Å². The molecule has 0 fully saturated rings. The van der Waals surface area contributed by atoms with Gasteiger partial charge in [-0.25, -0.2) is 0 Å². The molecule has 1 N–H and O–H groups in total. The number of thioether (sulfide) groups is 1. The minimum atomic E-state index is -0.341. The van der Waals surface area contributed by atoms with E-state index in [4.69, 9.17) is 11.6 Å². The van der Waals surface area contributed by atoms with Crippen molar-refractivity contribution in [3.05, 3.63) is 65.3 Å². The number of halogens is 1. The number of hydrogen-bond acceptors (Lipinski definition) is 5. The summed E-state index contributed by atoms with van der Waals surface area (Å²) in [6.07, 6.45) is 1.76. The zero-order chi connectivity index (χ0) is 18.1. The summed E-state index contributed by atoms with van der Waals surface area (Å²) < 4.78 is 1.60. The number of rotatable bonds is 5. The first kappa shape index (κ1) is 16.8. The Morgan fingerprint density at radius 1 is 1.19 bits per heavy atom. The molecule has 2 aromatic carbocycles. The lowest BCUT2D eigenvalue weighted by Gasteiger charge is -2.09. The van der Waals surface area contributed by atoms with Gasteiger partial charge >= 0.3 is 0 Å². The first-order chi connectivity index (χ1) is 12.6. The fourth-order valence-corrected chi connectivity index (χ4v) is 3.70. The lowest BCUT2D eigenvalue weighted by molar-refractivity contribution is 0.0995. The van der Waals surface area contributed by atoms with Crippen LogP contribution in [0.25, 0.3) is 16.6 Å². The van der Waals surface area contributed by atoms with Gasteiger partial charge in [0, 0.05) is 27.7 Å². The first-order valence-corrected chi connectivity index (χ1v) is 9.20. The molecule has 26 heavy (non-hydrogen) atoms. The van der Waals surface area contributed by atoms with Crippen LogP contribution in [0.1, 0.15) is 17.3 Å². The Kier molecular flexibility index (Phi) is 4.48. The first-order valence-electron chi connectivity index (χ1n) is 7.95. The number of H-pyrrole nitrogens is 1. The summed E-state index contributed by atoms with van der Waals surface area (Å²) in [5.74, 6) is 0.0260. The van der Waals surface area contributed by atoms with Crippen molar-refractivity contribution >= 4 is 40.0 Å². The average molecular weight is 384 g/mol. The largest absolute Gasteiger partial charge is 0.360 e. The molecule has 4 aromatic rings. The molecule has 4 rings (SSSR count). The van der Waals surface area contributed by atoms with Crippen LogP contribution >= 0.6 is 23.4 Å². The number of carbonyl (C=O) groups excluding carboxylic acids is 1. The number of ketones is 1. The summed E-state index contributed by atoms with van der Waals surface area (Å²) in [4.78, 5) is 16.0. The van der Waals surface area contributed by atoms with E-state index in [0.717, 1.165) is 16.6 Å². The predicted octanol–water partition coefficient (Wildman–Crippen LogP) is 4.16. The van der Waals surface area contributed by atoms with Gasteiger partial charge in [0.05, 0.1) is 10.9 Å². The van der Waals surface area contributed by atoms with Crippen molar-refractivity contribution in [2.45, 2.75) is 17.3 Å². The monoisotopic (exact) mass is 383 g/mol. The topological polar surface area (TPSA) is 76.5 Å². The maximum Gasteiger partial charge on any atom is 0.214 e. The number of carbonyl (C=O) groups is 1. The Bertz CT molecular complexity index is 1070. The van der Waals surface area contributed by atoms with Gasteiger partial charge in [-0.3, -0.25) is 4.79 Å². The van der Waals surface area contributed by atoms with Crippen LogP contribution in [0.15, 0.2) is 59.9 Å². The van der Waals surface area contributed by atoms with Gasteiger partial charge in [0.15, 0.2) is 5.78 Å². The molecule has 0 saturated carbocycles. The maximum absolute atomic E-state index is 12.9. The Labute approximate surface area is 158 Å². The van der Waals surface area contributed by atoms with Crippen molar-refractivity contribution in [1.29, 1.82) is 0 Å². The van der Waals surface area contributed by atoms with Crippen LogP contribution in [0.3, 0.4) is 0 Å². The van der Waals surface area contributed by atoms with E-state index in [9.17, 15) is 4.79 Å². The van der Waals surface area contributed by atoms with E-state index in [1.165, 1.54) is 11.8 Å². The van der Waals surface area contributed by atoms with Gasteiger partial charge in [0.25, 0.3) is 0 Å². The lowest BCUT2D eigenvalue weighted by Crippen LogP contribution is -2.14. The average Bonchev–Trinajstić information content (AvgIpc) is 3.28. The summed E-state index contributed by atoms with van der Waals surface area (Å²) in [5, 5.41) is 13.6. The number of nitrogens with one attached hydrogen (secondary N) is 1. The third-order valence-electron chi connectivity index (χ3n) is 4.02. The highest BCUT2D eigenvalue weighted by Gasteiger charge is 2.22. The maximum atomic E-state index is 12.9. The number of nitrogens with zero attached hydrogens (tertiary/aromatic N) is 4. The fraction of sp³-hybridized carbons (Fsp3) is 0.111. The summed E-state index contributed by atoms with van der Waals surface area (Å²) in [6, 6.07) is 14.9. The molecule has 0 radical (unpaired) electrons. The molecule has 0 saturated heterocycles. The molecule has 0 aliphatic rings. The summed E-state index contributed by atoms with van der Waals surface area (Å²) in [7, 11) is 0. The third-order valence-corrected chi connectivity index (χ3v) is 5.30. The van der Waals surface area contributed by atoms with E-state index in [1.807, 2.05) is 43.3 Å². The highest BCUT2D eigenvalue weighted by Crippen LogP contribution is 2.28. The molecule has 0 aliphatic heterocycles. The van der Waals surface area contributed by atoms with Crippen LogP contribution in [0.4, 0.5) is 0 Å². The van der Waals surface area contributed by atoms with Gasteiger partial charge in [0.2, 0.25) is 5.16 Å². The van der Waals surface area contributed by atoms with Crippen molar-refractivity contribution in [2.75, 3.05) is 0 Å². The van der Waals surface area contributed by atoms with Crippen molar-refractivity contribution in [3.8, 4) is 5.69 Å². The van der Waals surface area contributed by atoms with E-state index in [2.05, 4.69) is 20.5 Å². The second-order valence-corrected chi connectivity index (χ2v) is 7.47. The van der Waals surface area contributed by atoms with E-state index in [1.54, 1.807) is 23.0 Å². The van der Waals surface area contributed by atoms with Crippen LogP contribution in [0, 0.1) is 0 Å². The number of hydrogen-bond donors (Lipinski definition) is 1. The van der Waals surface area contributed by atoms with Gasteiger partial charge in [-0.05, 0) is 47.7 Å². The molecule has 0 amide bonds. The quantitative estimate of drug-likeness (QED) is 0.413. The molecule has 0 unspecified atom stereocenters. The molecule has 0 aliphatic carbocycles. The van der Waals surface area contributed by atoms with Gasteiger partial charge in [0.1, 0.15) is 0 Å². The standard InChI is InChI=1S/C18H14ClN5OS/c1-11(17(25)15-10-20-16-5-3-2-4-14(15)16)26-18-21-22-23-24(18)13-8-6-12(19)7-9-13/h2-11,20H,1H3/t11-/m0/s1. The molecular formula is C18H14ClN5OS.